The molecule has 20 heavy (non-hydrogen) atoms. The Labute approximate surface area is 125 Å². The minimum atomic E-state index is -0.433. The second kappa shape index (κ2) is 7.60. The van der Waals surface area contributed by atoms with Crippen molar-refractivity contribution in [1.82, 2.24) is 5.32 Å². The zero-order chi connectivity index (χ0) is 14.4. The van der Waals surface area contributed by atoms with Gasteiger partial charge in [0.25, 0.3) is 0 Å². The van der Waals surface area contributed by atoms with E-state index in [-0.39, 0.29) is 11.9 Å². The summed E-state index contributed by atoms with van der Waals surface area (Å²) >= 11 is 1.72. The van der Waals surface area contributed by atoms with E-state index >= 15 is 0 Å². The summed E-state index contributed by atoms with van der Waals surface area (Å²) in [5, 5.41) is 5.25. The molecular weight excluding hydrogens is 270 g/mol. The number of carbonyl (C=O) groups excluding carboxylic acids is 1. The van der Waals surface area contributed by atoms with Gasteiger partial charge in [-0.3, -0.25) is 4.79 Å². The first kappa shape index (κ1) is 15.3. The van der Waals surface area contributed by atoms with E-state index in [0.29, 0.717) is 12.5 Å². The van der Waals surface area contributed by atoms with Gasteiger partial charge in [0.05, 0.1) is 12.6 Å². The van der Waals surface area contributed by atoms with Crippen LogP contribution >= 0.6 is 11.3 Å². The lowest BCUT2D eigenvalue weighted by Crippen LogP contribution is -2.39. The van der Waals surface area contributed by atoms with Gasteiger partial charge in [0.2, 0.25) is 5.91 Å². The van der Waals surface area contributed by atoms with Crippen LogP contribution in [-0.4, -0.2) is 18.6 Å². The van der Waals surface area contributed by atoms with Gasteiger partial charge in [-0.2, -0.15) is 0 Å². The van der Waals surface area contributed by atoms with Crippen LogP contribution in [0.15, 0.2) is 30.2 Å². The van der Waals surface area contributed by atoms with E-state index in [4.69, 9.17) is 4.74 Å². The molecule has 1 aliphatic rings. The lowest BCUT2D eigenvalue weighted by atomic mass is 9.96. The molecule has 0 saturated heterocycles. The molecule has 0 aromatic carbocycles. The molecule has 3 nitrogen and oxygen atoms in total. The summed E-state index contributed by atoms with van der Waals surface area (Å²) in [6.07, 6.45) is 6.17. The van der Waals surface area contributed by atoms with Crippen LogP contribution in [0.5, 0.6) is 0 Å². The highest BCUT2D eigenvalue weighted by molar-refractivity contribution is 7.10. The molecule has 0 spiro atoms. The first-order chi connectivity index (χ1) is 9.72. The molecule has 0 radical (unpaired) electrons. The first-order valence-corrected chi connectivity index (χ1v) is 8.16. The molecule has 1 aromatic heterocycles. The Kier molecular flexibility index (Phi) is 5.80. The predicted octanol–water partition coefficient (Wildman–Crippen LogP) is 3.69. The van der Waals surface area contributed by atoms with Crippen molar-refractivity contribution in [2.24, 2.45) is 5.92 Å². The van der Waals surface area contributed by atoms with Crippen molar-refractivity contribution in [1.29, 1.82) is 0 Å². The number of thiophene rings is 1. The Morgan fingerprint density at radius 2 is 2.35 bits per heavy atom. The van der Waals surface area contributed by atoms with Gasteiger partial charge in [0.1, 0.15) is 6.10 Å². The summed E-state index contributed by atoms with van der Waals surface area (Å²) in [4.78, 5) is 13.5. The van der Waals surface area contributed by atoms with Gasteiger partial charge in [0.15, 0.2) is 0 Å². The van der Waals surface area contributed by atoms with E-state index in [1.54, 1.807) is 24.3 Å². The lowest BCUT2D eigenvalue weighted by Gasteiger charge is -2.25. The van der Waals surface area contributed by atoms with E-state index in [1.807, 2.05) is 6.07 Å². The molecule has 4 heteroatoms. The highest BCUT2D eigenvalue weighted by Crippen LogP contribution is 2.37. The number of ether oxygens (including phenoxy) is 1. The fourth-order valence-corrected chi connectivity index (χ4v) is 3.61. The predicted molar refractivity (Wildman–Crippen MR) is 82.8 cm³/mol. The lowest BCUT2D eigenvalue weighted by molar-refractivity contribution is -0.132. The maximum absolute atomic E-state index is 12.2. The summed E-state index contributed by atoms with van der Waals surface area (Å²) in [6.45, 7) is 5.80. The number of rotatable bonds is 7. The van der Waals surface area contributed by atoms with Crippen LogP contribution in [0.3, 0.4) is 0 Å². The molecule has 0 unspecified atom stereocenters. The summed E-state index contributed by atoms with van der Waals surface area (Å²) in [5.41, 5.74) is 0. The molecule has 1 amide bonds. The Morgan fingerprint density at radius 1 is 1.60 bits per heavy atom. The maximum Gasteiger partial charge on any atom is 0.249 e. The molecule has 1 heterocycles. The Bertz CT molecular complexity index is 424. The van der Waals surface area contributed by atoms with Crippen LogP contribution in [-0.2, 0) is 9.53 Å². The molecule has 1 saturated carbocycles. The molecule has 0 aliphatic heterocycles. The third-order valence-electron chi connectivity index (χ3n) is 3.85. The fraction of sp³-hybridized carbons (Fsp3) is 0.562. The first-order valence-electron chi connectivity index (χ1n) is 7.28. The summed E-state index contributed by atoms with van der Waals surface area (Å²) in [7, 11) is 0. The van der Waals surface area contributed by atoms with Gasteiger partial charge >= 0.3 is 0 Å². The van der Waals surface area contributed by atoms with Crippen molar-refractivity contribution in [3.05, 3.63) is 35.0 Å². The Hall–Kier alpha value is -1.13. The van der Waals surface area contributed by atoms with E-state index in [1.165, 1.54) is 30.6 Å². The van der Waals surface area contributed by atoms with Crippen molar-refractivity contribution < 1.29 is 9.53 Å². The van der Waals surface area contributed by atoms with Crippen molar-refractivity contribution in [2.45, 2.75) is 44.8 Å². The van der Waals surface area contributed by atoms with Crippen molar-refractivity contribution >= 4 is 17.2 Å². The quantitative estimate of drug-likeness (QED) is 0.779. The summed E-state index contributed by atoms with van der Waals surface area (Å²) < 4.78 is 5.41. The molecular formula is C16H23NO2S. The van der Waals surface area contributed by atoms with Crippen LogP contribution < -0.4 is 5.32 Å². The molecule has 2 rings (SSSR count). The second-order valence-electron chi connectivity index (χ2n) is 5.31. The smallest absolute Gasteiger partial charge is 0.249 e. The van der Waals surface area contributed by atoms with Gasteiger partial charge in [-0.25, -0.2) is 0 Å². The zero-order valence-electron chi connectivity index (χ0n) is 12.0. The van der Waals surface area contributed by atoms with Gasteiger partial charge in [-0.05, 0) is 37.1 Å². The molecule has 1 aromatic rings. The van der Waals surface area contributed by atoms with Crippen LogP contribution in [0.1, 0.15) is 43.5 Å². The standard InChI is InChI=1S/C16H23NO2S/c1-3-10-19-12(2)16(18)17-15(13-7-4-5-8-13)14-9-6-11-20-14/h3,6,9,11-13,15H,1,4-5,7-8,10H2,2H3,(H,17,18)/t12-,15-/m1/s1. The van der Waals surface area contributed by atoms with E-state index in [2.05, 4.69) is 23.3 Å². The topological polar surface area (TPSA) is 38.3 Å². The van der Waals surface area contributed by atoms with E-state index < -0.39 is 6.10 Å². The number of amides is 1. The van der Waals surface area contributed by atoms with Gasteiger partial charge in [0, 0.05) is 4.88 Å². The molecule has 2 atom stereocenters. The van der Waals surface area contributed by atoms with E-state index in [9.17, 15) is 4.79 Å². The molecule has 1 fully saturated rings. The van der Waals surface area contributed by atoms with Crippen LogP contribution in [0.2, 0.25) is 0 Å². The highest BCUT2D eigenvalue weighted by atomic mass is 32.1. The molecule has 1 N–H and O–H groups in total. The van der Waals surface area contributed by atoms with Crippen molar-refractivity contribution in [3.8, 4) is 0 Å². The van der Waals surface area contributed by atoms with Crippen molar-refractivity contribution in [2.75, 3.05) is 6.61 Å². The largest absolute Gasteiger partial charge is 0.365 e. The average Bonchev–Trinajstić information content (AvgIpc) is 3.14. The highest BCUT2D eigenvalue weighted by Gasteiger charge is 2.29. The van der Waals surface area contributed by atoms with Crippen LogP contribution in [0, 0.1) is 5.92 Å². The summed E-state index contributed by atoms with van der Waals surface area (Å²) in [5.74, 6) is 0.529. The SMILES string of the molecule is C=CCO[C@H](C)C(=O)N[C@@H](c1cccs1)C1CCCC1. The van der Waals surface area contributed by atoms with Gasteiger partial charge in [-0.1, -0.05) is 25.0 Å². The molecule has 0 bridgehead atoms. The monoisotopic (exact) mass is 293 g/mol. The second-order valence-corrected chi connectivity index (χ2v) is 6.29. The van der Waals surface area contributed by atoms with Gasteiger partial charge < -0.3 is 10.1 Å². The fourth-order valence-electron chi connectivity index (χ4n) is 2.74. The maximum atomic E-state index is 12.2. The summed E-state index contributed by atoms with van der Waals surface area (Å²) in [6, 6.07) is 4.30. The zero-order valence-corrected chi connectivity index (χ0v) is 12.8. The Balaban J connectivity index is 2.00. The minimum Gasteiger partial charge on any atom is -0.365 e. The number of hydrogen-bond donors (Lipinski definition) is 1. The number of carbonyl (C=O) groups is 1. The van der Waals surface area contributed by atoms with Gasteiger partial charge in [-0.15, -0.1) is 17.9 Å². The van der Waals surface area contributed by atoms with E-state index in [0.717, 1.165) is 0 Å². The number of nitrogens with one attached hydrogen (secondary N) is 1. The third-order valence-corrected chi connectivity index (χ3v) is 4.81. The van der Waals surface area contributed by atoms with Crippen molar-refractivity contribution in [3.63, 3.8) is 0 Å². The third kappa shape index (κ3) is 3.93. The van der Waals surface area contributed by atoms with Crippen LogP contribution in [0.4, 0.5) is 0 Å². The average molecular weight is 293 g/mol. The minimum absolute atomic E-state index is 0.0304. The Morgan fingerprint density at radius 3 is 2.95 bits per heavy atom. The van der Waals surface area contributed by atoms with Crippen LogP contribution in [0.25, 0.3) is 0 Å². The molecule has 110 valence electrons. The molecule has 1 aliphatic carbocycles. The normalized spacial score (nSPS) is 18.6. The number of hydrogen-bond acceptors (Lipinski definition) is 3.